The van der Waals surface area contributed by atoms with Crippen molar-refractivity contribution in [2.45, 2.75) is 0 Å². The molecule has 25 heavy (non-hydrogen) atoms. The fourth-order valence-electron chi connectivity index (χ4n) is 2.26. The quantitative estimate of drug-likeness (QED) is 0.141. The van der Waals surface area contributed by atoms with E-state index in [1.54, 1.807) is 36.9 Å². The number of aromatic nitrogens is 4. The van der Waals surface area contributed by atoms with Crippen LogP contribution in [0.4, 0.5) is 0 Å². The molecule has 8 N–H and O–H groups in total. The minimum atomic E-state index is 0.0755. The second-order valence-electron chi connectivity index (χ2n) is 5.17. The van der Waals surface area contributed by atoms with Crippen LogP contribution in [0.2, 0.25) is 0 Å². The summed E-state index contributed by atoms with van der Waals surface area (Å²) in [5.74, 6) is 0.169. The number of imidazole rings is 2. The van der Waals surface area contributed by atoms with Gasteiger partial charge in [-0.2, -0.15) is 0 Å². The molecule has 0 spiro atoms. The number of oxime groups is 1. The summed E-state index contributed by atoms with van der Waals surface area (Å²) in [7, 11) is 0. The Kier molecular flexibility index (Phi) is 4.29. The SMILES string of the molecule is N=C(N)c1ccc2nc[nH]c2c1.NC(=NO)c1ccc2nc[nH]c2c1. The first kappa shape index (κ1) is 16.0. The molecule has 2 heterocycles. The largest absolute Gasteiger partial charge is 0.409 e. The maximum atomic E-state index is 8.45. The number of benzene rings is 2. The van der Waals surface area contributed by atoms with Crippen LogP contribution in [0.3, 0.4) is 0 Å². The van der Waals surface area contributed by atoms with E-state index in [4.69, 9.17) is 22.1 Å². The normalized spacial score (nSPS) is 11.3. The summed E-state index contributed by atoms with van der Waals surface area (Å²) >= 11 is 0. The van der Waals surface area contributed by atoms with Crippen LogP contribution in [0.1, 0.15) is 11.1 Å². The summed E-state index contributed by atoms with van der Waals surface area (Å²) < 4.78 is 0. The van der Waals surface area contributed by atoms with Crippen LogP contribution < -0.4 is 11.5 Å². The van der Waals surface area contributed by atoms with Crippen LogP contribution >= 0.6 is 0 Å². The Morgan fingerprint density at radius 1 is 0.920 bits per heavy atom. The summed E-state index contributed by atoms with van der Waals surface area (Å²) in [4.78, 5) is 14.0. The molecule has 0 radical (unpaired) electrons. The van der Waals surface area contributed by atoms with E-state index in [9.17, 15) is 0 Å². The Hall–Kier alpha value is -3.88. The minimum Gasteiger partial charge on any atom is -0.409 e. The first-order chi connectivity index (χ1) is 12.1. The molecule has 0 unspecified atom stereocenters. The van der Waals surface area contributed by atoms with Gasteiger partial charge in [0.25, 0.3) is 0 Å². The molecule has 2 aromatic carbocycles. The van der Waals surface area contributed by atoms with Crippen molar-refractivity contribution in [2.75, 3.05) is 0 Å². The van der Waals surface area contributed by atoms with Crippen LogP contribution in [0.25, 0.3) is 22.1 Å². The van der Waals surface area contributed by atoms with Gasteiger partial charge in [-0.05, 0) is 36.4 Å². The molecular formula is C16H16N8O. The smallest absolute Gasteiger partial charge is 0.170 e. The van der Waals surface area contributed by atoms with E-state index in [1.165, 1.54) is 0 Å². The molecule has 9 heteroatoms. The molecular weight excluding hydrogens is 320 g/mol. The summed E-state index contributed by atoms with van der Waals surface area (Å²) in [6, 6.07) is 10.8. The van der Waals surface area contributed by atoms with Gasteiger partial charge in [-0.1, -0.05) is 5.16 Å². The van der Waals surface area contributed by atoms with Crippen LogP contribution in [-0.4, -0.2) is 36.8 Å². The molecule has 0 bridgehead atoms. The van der Waals surface area contributed by atoms with Crippen molar-refractivity contribution in [3.8, 4) is 0 Å². The number of rotatable bonds is 2. The Labute approximate surface area is 141 Å². The van der Waals surface area contributed by atoms with Gasteiger partial charge in [-0.3, -0.25) is 5.41 Å². The van der Waals surface area contributed by atoms with Gasteiger partial charge >= 0.3 is 0 Å². The van der Waals surface area contributed by atoms with Crippen molar-refractivity contribution in [1.29, 1.82) is 5.41 Å². The summed E-state index contributed by atoms with van der Waals surface area (Å²) in [6.45, 7) is 0. The Balaban J connectivity index is 0.000000146. The molecule has 9 nitrogen and oxygen atoms in total. The molecule has 2 aromatic heterocycles. The molecule has 0 atom stereocenters. The second-order valence-corrected chi connectivity index (χ2v) is 5.17. The number of nitrogens with zero attached hydrogens (tertiary/aromatic N) is 3. The first-order valence-corrected chi connectivity index (χ1v) is 7.27. The fourth-order valence-corrected chi connectivity index (χ4v) is 2.26. The van der Waals surface area contributed by atoms with Crippen LogP contribution in [-0.2, 0) is 0 Å². The lowest BCUT2D eigenvalue weighted by atomic mass is 10.2. The number of H-pyrrole nitrogens is 2. The van der Waals surface area contributed by atoms with E-state index in [1.807, 2.05) is 12.1 Å². The number of fused-ring (bicyclic) bond motifs is 2. The first-order valence-electron chi connectivity index (χ1n) is 7.27. The maximum Gasteiger partial charge on any atom is 0.170 e. The van der Waals surface area contributed by atoms with E-state index in [0.29, 0.717) is 11.1 Å². The van der Waals surface area contributed by atoms with Crippen molar-refractivity contribution < 1.29 is 5.21 Å². The zero-order valence-corrected chi connectivity index (χ0v) is 13.1. The Bertz CT molecular complexity index is 1060. The number of nitrogens with one attached hydrogen (secondary N) is 3. The van der Waals surface area contributed by atoms with Gasteiger partial charge < -0.3 is 26.6 Å². The van der Waals surface area contributed by atoms with Crippen LogP contribution in [0.5, 0.6) is 0 Å². The third kappa shape index (κ3) is 3.39. The molecule has 0 aliphatic rings. The van der Waals surface area contributed by atoms with E-state index in [2.05, 4.69) is 25.1 Å². The van der Waals surface area contributed by atoms with Gasteiger partial charge in [0.15, 0.2) is 5.84 Å². The Morgan fingerprint density at radius 2 is 1.44 bits per heavy atom. The second kappa shape index (κ2) is 6.71. The fraction of sp³-hybridized carbons (Fsp3) is 0. The summed E-state index contributed by atoms with van der Waals surface area (Å²) in [5.41, 5.74) is 15.6. The van der Waals surface area contributed by atoms with Crippen LogP contribution in [0, 0.1) is 5.41 Å². The number of hydrogen-bond donors (Lipinski definition) is 6. The molecule has 0 aliphatic carbocycles. The van der Waals surface area contributed by atoms with Gasteiger partial charge in [0.05, 0.1) is 34.7 Å². The highest BCUT2D eigenvalue weighted by Gasteiger charge is 2.01. The van der Waals surface area contributed by atoms with E-state index < -0.39 is 0 Å². The lowest BCUT2D eigenvalue weighted by molar-refractivity contribution is 0.318. The standard InChI is InChI=1S/C8H8N4O.C8H8N4/c9-8(12-13)5-1-2-6-7(3-5)11-4-10-6;9-8(10)5-1-2-6-7(3-5)12-4-11-6/h1-4,13H,(H2,9,12)(H,10,11);1-4H,(H3,9,10)(H,11,12). The van der Waals surface area contributed by atoms with Gasteiger partial charge in [0.1, 0.15) is 5.84 Å². The Morgan fingerprint density at radius 3 is 1.96 bits per heavy atom. The highest BCUT2D eigenvalue weighted by molar-refractivity contribution is 5.99. The molecule has 0 fully saturated rings. The number of nitrogen functional groups attached to an aromatic ring is 1. The summed E-state index contributed by atoms with van der Waals surface area (Å²) in [5, 5.41) is 18.6. The summed E-state index contributed by atoms with van der Waals surface area (Å²) in [6.07, 6.45) is 3.22. The molecule has 126 valence electrons. The molecule has 4 rings (SSSR count). The predicted molar refractivity (Wildman–Crippen MR) is 95.7 cm³/mol. The van der Waals surface area contributed by atoms with Gasteiger partial charge in [-0.15, -0.1) is 0 Å². The van der Waals surface area contributed by atoms with Crippen molar-refractivity contribution in [3.63, 3.8) is 0 Å². The molecule has 0 saturated carbocycles. The molecule has 0 amide bonds. The topological polar surface area (TPSA) is 166 Å². The molecule has 0 saturated heterocycles. The van der Waals surface area contributed by atoms with Gasteiger partial charge in [0, 0.05) is 11.1 Å². The van der Waals surface area contributed by atoms with Crippen molar-refractivity contribution >= 4 is 33.7 Å². The van der Waals surface area contributed by atoms with Crippen molar-refractivity contribution in [2.24, 2.45) is 16.6 Å². The molecule has 0 aliphatic heterocycles. The van der Waals surface area contributed by atoms with Crippen molar-refractivity contribution in [3.05, 3.63) is 60.2 Å². The lowest BCUT2D eigenvalue weighted by Gasteiger charge is -1.96. The maximum absolute atomic E-state index is 8.45. The van der Waals surface area contributed by atoms with E-state index in [-0.39, 0.29) is 11.7 Å². The van der Waals surface area contributed by atoms with Crippen molar-refractivity contribution in [1.82, 2.24) is 19.9 Å². The predicted octanol–water partition coefficient (Wildman–Crippen LogP) is 1.50. The highest BCUT2D eigenvalue weighted by atomic mass is 16.4. The van der Waals surface area contributed by atoms with E-state index in [0.717, 1.165) is 22.1 Å². The average molecular weight is 336 g/mol. The van der Waals surface area contributed by atoms with E-state index >= 15 is 0 Å². The number of hydrogen-bond acceptors (Lipinski definition) is 5. The average Bonchev–Trinajstić information content (AvgIpc) is 3.28. The number of aromatic amines is 2. The van der Waals surface area contributed by atoms with Crippen LogP contribution in [0.15, 0.2) is 54.2 Å². The molecule has 4 aromatic rings. The van der Waals surface area contributed by atoms with Gasteiger partial charge in [-0.25, -0.2) is 9.97 Å². The zero-order chi connectivity index (χ0) is 17.8. The monoisotopic (exact) mass is 336 g/mol. The number of nitrogens with two attached hydrogens (primary N) is 2. The zero-order valence-electron chi connectivity index (χ0n) is 13.1. The third-order valence-corrected chi connectivity index (χ3v) is 3.55. The minimum absolute atomic E-state index is 0.0755. The third-order valence-electron chi connectivity index (χ3n) is 3.55. The lowest BCUT2D eigenvalue weighted by Crippen LogP contribution is -2.12. The highest BCUT2D eigenvalue weighted by Crippen LogP contribution is 2.11. The van der Waals surface area contributed by atoms with Gasteiger partial charge in [0.2, 0.25) is 0 Å². The number of amidine groups is 2.